The van der Waals surface area contributed by atoms with Gasteiger partial charge in [0.05, 0.1) is 12.0 Å². The first-order valence-electron chi connectivity index (χ1n) is 15.1. The van der Waals surface area contributed by atoms with Crippen molar-refractivity contribution in [2.45, 2.75) is 111 Å². The molecule has 40 heavy (non-hydrogen) atoms. The molecular weight excluding hydrogens is 522 g/mol. The number of ketones is 1. The van der Waals surface area contributed by atoms with Gasteiger partial charge in [-0.1, -0.05) is 37.6 Å². The standard InChI is InChI=1S/C33H50ClN3O3/c1-22(38)33(7,8)30(40)37(25-13-16-32(5,6)17-14-25)26-15-18-35(19-26)29(39)28-21-36(31(2,3)4)20-27(28)23-9-11-24(34)12-10-23/h9-12,25-28H,13-21H2,1-8H3/t26-,27-,28?/m0/s1. The van der Waals surface area contributed by atoms with Crippen molar-refractivity contribution in [3.05, 3.63) is 34.9 Å². The fraction of sp³-hybridized carbons (Fsp3) is 0.727. The second-order valence-electron chi connectivity index (χ2n) is 14.9. The molecule has 7 heteroatoms. The summed E-state index contributed by atoms with van der Waals surface area (Å²) in [6.45, 7) is 19.0. The summed E-state index contributed by atoms with van der Waals surface area (Å²) >= 11 is 6.19. The molecule has 3 atom stereocenters. The minimum absolute atomic E-state index is 0.0382. The zero-order valence-electron chi connectivity index (χ0n) is 25.9. The summed E-state index contributed by atoms with van der Waals surface area (Å²) in [5, 5.41) is 0.698. The topological polar surface area (TPSA) is 60.9 Å². The average Bonchev–Trinajstić information content (AvgIpc) is 3.53. The number of likely N-dealkylation sites (tertiary alicyclic amines) is 2. The number of halogens is 1. The van der Waals surface area contributed by atoms with Crippen LogP contribution in [0, 0.1) is 16.7 Å². The molecule has 1 aromatic rings. The number of hydrogen-bond donors (Lipinski definition) is 0. The zero-order valence-corrected chi connectivity index (χ0v) is 26.7. The van der Waals surface area contributed by atoms with E-state index >= 15 is 0 Å². The number of nitrogens with zero attached hydrogens (tertiary/aromatic N) is 3. The minimum atomic E-state index is -1.07. The Morgan fingerprint density at radius 3 is 2.05 bits per heavy atom. The first-order valence-corrected chi connectivity index (χ1v) is 15.5. The first-order chi connectivity index (χ1) is 18.5. The van der Waals surface area contributed by atoms with Crippen LogP contribution in [0.15, 0.2) is 24.3 Å². The predicted molar refractivity (Wildman–Crippen MR) is 161 cm³/mol. The predicted octanol–water partition coefficient (Wildman–Crippen LogP) is 6.17. The Hall–Kier alpha value is -1.92. The van der Waals surface area contributed by atoms with Crippen molar-refractivity contribution >= 4 is 29.2 Å². The molecule has 2 aliphatic heterocycles. The van der Waals surface area contributed by atoms with Crippen LogP contribution in [-0.2, 0) is 14.4 Å². The first kappa shape index (κ1) is 31.0. The fourth-order valence-electron chi connectivity index (χ4n) is 6.82. The van der Waals surface area contributed by atoms with E-state index in [-0.39, 0.29) is 52.5 Å². The molecule has 1 aromatic carbocycles. The maximum atomic E-state index is 14.2. The van der Waals surface area contributed by atoms with Crippen LogP contribution in [0.3, 0.4) is 0 Å². The molecule has 2 heterocycles. The molecule has 1 aliphatic carbocycles. The van der Waals surface area contributed by atoms with E-state index in [4.69, 9.17) is 11.6 Å². The maximum absolute atomic E-state index is 14.2. The maximum Gasteiger partial charge on any atom is 0.236 e. The summed E-state index contributed by atoms with van der Waals surface area (Å²) in [5.74, 6) is -0.0610. The van der Waals surface area contributed by atoms with E-state index in [0.29, 0.717) is 24.7 Å². The van der Waals surface area contributed by atoms with Gasteiger partial charge < -0.3 is 9.80 Å². The lowest BCUT2D eigenvalue weighted by atomic mass is 9.74. The SMILES string of the molecule is CC(=O)C(C)(C)C(=O)N(C1CCC(C)(C)CC1)[C@H]1CCN(C(=O)C2CN(C(C)(C)C)C[C@H]2c2ccc(Cl)cc2)C1. The summed E-state index contributed by atoms with van der Waals surface area (Å²) in [7, 11) is 0. The van der Waals surface area contributed by atoms with Crippen molar-refractivity contribution < 1.29 is 14.4 Å². The molecule has 1 saturated carbocycles. The second-order valence-corrected chi connectivity index (χ2v) is 15.3. The molecule has 0 N–H and O–H groups in total. The number of amides is 2. The summed E-state index contributed by atoms with van der Waals surface area (Å²) in [4.78, 5) is 47.2. The van der Waals surface area contributed by atoms with Gasteiger partial charge in [0.1, 0.15) is 11.2 Å². The lowest BCUT2D eigenvalue weighted by molar-refractivity contribution is -0.152. The summed E-state index contributed by atoms with van der Waals surface area (Å²) < 4.78 is 0. The van der Waals surface area contributed by atoms with Gasteiger partial charge >= 0.3 is 0 Å². The molecule has 0 aromatic heterocycles. The number of rotatable bonds is 6. The normalized spacial score (nSPS) is 26.2. The molecule has 3 aliphatic rings. The van der Waals surface area contributed by atoms with Crippen molar-refractivity contribution in [3.63, 3.8) is 0 Å². The number of hydrogen-bond acceptors (Lipinski definition) is 4. The number of carbonyl (C=O) groups excluding carboxylic acids is 3. The van der Waals surface area contributed by atoms with Crippen molar-refractivity contribution in [2.24, 2.45) is 16.7 Å². The third kappa shape index (κ3) is 6.43. The highest BCUT2D eigenvalue weighted by Crippen LogP contribution is 2.41. The molecule has 2 amide bonds. The van der Waals surface area contributed by atoms with E-state index in [2.05, 4.69) is 51.7 Å². The molecule has 6 nitrogen and oxygen atoms in total. The summed E-state index contributed by atoms with van der Waals surface area (Å²) in [6, 6.07) is 7.99. The Morgan fingerprint density at radius 1 is 0.900 bits per heavy atom. The van der Waals surface area contributed by atoms with Crippen LogP contribution in [0.25, 0.3) is 0 Å². The van der Waals surface area contributed by atoms with Gasteiger partial charge in [0.15, 0.2) is 0 Å². The van der Waals surface area contributed by atoms with Crippen molar-refractivity contribution in [1.29, 1.82) is 0 Å². The summed E-state index contributed by atoms with van der Waals surface area (Å²) in [6.07, 6.45) is 4.76. The Morgan fingerprint density at radius 2 is 1.50 bits per heavy atom. The lowest BCUT2D eigenvalue weighted by Gasteiger charge is -2.45. The van der Waals surface area contributed by atoms with E-state index in [1.807, 2.05) is 21.9 Å². The zero-order chi connectivity index (χ0) is 29.6. The van der Waals surface area contributed by atoms with Crippen LogP contribution in [0.2, 0.25) is 5.02 Å². The fourth-order valence-corrected chi connectivity index (χ4v) is 6.94. The molecule has 222 valence electrons. The van der Waals surface area contributed by atoms with Crippen molar-refractivity contribution in [3.8, 4) is 0 Å². The van der Waals surface area contributed by atoms with Gasteiger partial charge in [0.25, 0.3) is 0 Å². The van der Waals surface area contributed by atoms with Crippen LogP contribution in [-0.4, -0.2) is 76.1 Å². The van der Waals surface area contributed by atoms with E-state index < -0.39 is 5.41 Å². The van der Waals surface area contributed by atoms with Crippen LogP contribution in [0.1, 0.15) is 99.0 Å². The van der Waals surface area contributed by atoms with Crippen LogP contribution >= 0.6 is 11.6 Å². The molecule has 0 spiro atoms. The van der Waals surface area contributed by atoms with Gasteiger partial charge in [-0.25, -0.2) is 0 Å². The van der Waals surface area contributed by atoms with Crippen molar-refractivity contribution in [2.75, 3.05) is 26.2 Å². The smallest absolute Gasteiger partial charge is 0.236 e. The van der Waals surface area contributed by atoms with Crippen molar-refractivity contribution in [1.82, 2.24) is 14.7 Å². The highest BCUT2D eigenvalue weighted by atomic mass is 35.5. The average molecular weight is 572 g/mol. The molecule has 4 rings (SSSR count). The molecule has 3 fully saturated rings. The Bertz CT molecular complexity index is 1100. The van der Waals surface area contributed by atoms with E-state index in [1.165, 1.54) is 6.92 Å². The lowest BCUT2D eigenvalue weighted by Crippen LogP contribution is -2.55. The Labute approximate surface area is 246 Å². The van der Waals surface area contributed by atoms with E-state index in [9.17, 15) is 14.4 Å². The number of carbonyl (C=O) groups is 3. The molecule has 0 radical (unpaired) electrons. The molecule has 1 unspecified atom stereocenters. The van der Waals surface area contributed by atoms with Gasteiger partial charge in [-0.15, -0.1) is 0 Å². The highest BCUT2D eigenvalue weighted by Gasteiger charge is 2.48. The monoisotopic (exact) mass is 571 g/mol. The number of benzene rings is 1. The summed E-state index contributed by atoms with van der Waals surface area (Å²) in [5.41, 5.74) is 0.318. The van der Waals surface area contributed by atoms with Gasteiger partial charge in [-0.3, -0.25) is 19.3 Å². The van der Waals surface area contributed by atoms with E-state index in [0.717, 1.165) is 44.2 Å². The molecule has 2 saturated heterocycles. The van der Waals surface area contributed by atoms with Gasteiger partial charge in [0.2, 0.25) is 11.8 Å². The van der Waals surface area contributed by atoms with Gasteiger partial charge in [-0.2, -0.15) is 0 Å². The second kappa shape index (κ2) is 11.4. The Kier molecular flexibility index (Phi) is 8.84. The minimum Gasteiger partial charge on any atom is -0.340 e. The number of Topliss-reactive ketones (excluding diaryl/α,β-unsaturated/α-hetero) is 1. The van der Waals surface area contributed by atoms with Gasteiger partial charge in [-0.05, 0) is 96.8 Å². The third-order valence-corrected chi connectivity index (χ3v) is 10.4. The quantitative estimate of drug-likeness (QED) is 0.383. The molecule has 0 bridgehead atoms. The highest BCUT2D eigenvalue weighted by molar-refractivity contribution is 6.30. The van der Waals surface area contributed by atoms with E-state index in [1.54, 1.807) is 13.8 Å². The third-order valence-electron chi connectivity index (χ3n) is 10.1. The van der Waals surface area contributed by atoms with Crippen LogP contribution in [0.5, 0.6) is 0 Å². The largest absolute Gasteiger partial charge is 0.340 e. The van der Waals surface area contributed by atoms with Gasteiger partial charge in [0, 0.05) is 48.7 Å². The van der Waals surface area contributed by atoms with Crippen LogP contribution < -0.4 is 0 Å². The van der Waals surface area contributed by atoms with Crippen LogP contribution in [0.4, 0.5) is 0 Å². The molecular formula is C33H50ClN3O3. The Balaban J connectivity index is 1.56.